The van der Waals surface area contributed by atoms with Gasteiger partial charge in [0.25, 0.3) is 0 Å². The molecular formula is C23H34N4O2. The summed E-state index contributed by atoms with van der Waals surface area (Å²) in [6.07, 6.45) is 13.0. The number of hydrogen-bond acceptors (Lipinski definition) is 4. The first-order valence-electron chi connectivity index (χ1n) is 10.9. The summed E-state index contributed by atoms with van der Waals surface area (Å²) < 4.78 is 0. The minimum absolute atomic E-state index is 0.115. The molecule has 3 fully saturated rings. The fourth-order valence-corrected chi connectivity index (χ4v) is 5.04. The van der Waals surface area contributed by atoms with Crippen molar-refractivity contribution in [3.8, 4) is 0 Å². The van der Waals surface area contributed by atoms with Gasteiger partial charge in [-0.15, -0.1) is 0 Å². The van der Waals surface area contributed by atoms with E-state index in [0.717, 1.165) is 35.9 Å². The molecule has 3 N–H and O–H groups in total. The molecule has 0 aromatic heterocycles. The number of carbonyl (C=O) groups excluding carboxylic acids is 2. The molecule has 0 aromatic carbocycles. The van der Waals surface area contributed by atoms with Crippen LogP contribution in [0.3, 0.4) is 0 Å². The Morgan fingerprint density at radius 2 is 1.83 bits per heavy atom. The maximum absolute atomic E-state index is 12.2. The molecule has 0 bridgehead atoms. The summed E-state index contributed by atoms with van der Waals surface area (Å²) in [6, 6.07) is -0.526. The summed E-state index contributed by atoms with van der Waals surface area (Å²) in [5.41, 5.74) is 2.67. The van der Waals surface area contributed by atoms with E-state index in [9.17, 15) is 9.59 Å². The molecule has 3 aliphatic rings. The van der Waals surface area contributed by atoms with Crippen molar-refractivity contribution in [1.82, 2.24) is 15.5 Å². The summed E-state index contributed by atoms with van der Waals surface area (Å²) in [4.78, 5) is 25.0. The van der Waals surface area contributed by atoms with Gasteiger partial charge in [0.1, 0.15) is 5.84 Å². The summed E-state index contributed by atoms with van der Waals surface area (Å²) >= 11 is 0. The SMILES string of the molecule is C=C/C(=C(NC)\C(=C/C)C(=N)N1CCC(=O)NC1=O)C1CCC(C2CCC2)CC1. The van der Waals surface area contributed by atoms with Gasteiger partial charge in [-0.2, -0.15) is 0 Å². The van der Waals surface area contributed by atoms with Crippen LogP contribution in [0.5, 0.6) is 0 Å². The molecule has 2 aliphatic carbocycles. The molecule has 1 heterocycles. The molecule has 0 atom stereocenters. The summed E-state index contributed by atoms with van der Waals surface area (Å²) in [6.45, 7) is 6.17. The second kappa shape index (κ2) is 9.42. The predicted octanol–water partition coefficient (Wildman–Crippen LogP) is 4.12. The Hall–Kier alpha value is -2.37. The lowest BCUT2D eigenvalue weighted by atomic mass is 9.67. The Kier molecular flexibility index (Phi) is 6.93. The van der Waals surface area contributed by atoms with Gasteiger partial charge >= 0.3 is 6.03 Å². The molecule has 2 saturated carbocycles. The van der Waals surface area contributed by atoms with Crippen LogP contribution in [0, 0.1) is 23.2 Å². The van der Waals surface area contributed by atoms with Crippen molar-refractivity contribution in [1.29, 1.82) is 5.41 Å². The largest absolute Gasteiger partial charge is 0.387 e. The normalized spacial score (nSPS) is 27.0. The minimum atomic E-state index is -0.526. The van der Waals surface area contributed by atoms with E-state index in [1.165, 1.54) is 37.0 Å². The fourth-order valence-electron chi connectivity index (χ4n) is 5.04. The van der Waals surface area contributed by atoms with E-state index in [1.54, 1.807) is 0 Å². The molecule has 1 aliphatic heterocycles. The third-order valence-electron chi connectivity index (χ3n) is 6.92. The van der Waals surface area contributed by atoms with Crippen molar-refractivity contribution in [2.45, 2.75) is 58.3 Å². The van der Waals surface area contributed by atoms with Crippen LogP contribution < -0.4 is 10.6 Å². The zero-order valence-electron chi connectivity index (χ0n) is 17.7. The molecule has 1 saturated heterocycles. The van der Waals surface area contributed by atoms with Crippen molar-refractivity contribution < 1.29 is 9.59 Å². The predicted molar refractivity (Wildman–Crippen MR) is 115 cm³/mol. The molecule has 29 heavy (non-hydrogen) atoms. The molecule has 0 radical (unpaired) electrons. The Labute approximate surface area is 174 Å². The van der Waals surface area contributed by atoms with Gasteiger partial charge in [0, 0.05) is 31.3 Å². The van der Waals surface area contributed by atoms with E-state index < -0.39 is 6.03 Å². The van der Waals surface area contributed by atoms with E-state index in [4.69, 9.17) is 5.41 Å². The standard InChI is InChI=1S/C23H34N4O2/c1-4-18(17-11-9-16(10-12-17)15-7-6-8-15)21(25-3)19(5-2)22(24)27-14-13-20(28)26-23(27)29/h4-5,15-17,24-25H,1,6-14H2,2-3H3,(H,26,28,29)/b19-5+,21-18-,24-22?. The van der Waals surface area contributed by atoms with Gasteiger partial charge in [-0.1, -0.05) is 38.0 Å². The lowest BCUT2D eigenvalue weighted by molar-refractivity contribution is -0.121. The van der Waals surface area contributed by atoms with Gasteiger partial charge in [-0.05, 0) is 55.9 Å². The van der Waals surface area contributed by atoms with Crippen LogP contribution in [-0.4, -0.2) is 36.3 Å². The van der Waals surface area contributed by atoms with Gasteiger partial charge in [-0.3, -0.25) is 20.4 Å². The molecule has 0 aromatic rings. The smallest absolute Gasteiger partial charge is 0.329 e. The van der Waals surface area contributed by atoms with E-state index in [2.05, 4.69) is 17.2 Å². The Bertz CT molecular complexity index is 740. The average Bonchev–Trinajstić information content (AvgIpc) is 2.67. The van der Waals surface area contributed by atoms with Crippen molar-refractivity contribution in [3.63, 3.8) is 0 Å². The zero-order valence-corrected chi connectivity index (χ0v) is 17.7. The zero-order chi connectivity index (χ0) is 21.0. The maximum Gasteiger partial charge on any atom is 0.329 e. The van der Waals surface area contributed by atoms with Crippen molar-refractivity contribution in [2.75, 3.05) is 13.6 Å². The van der Waals surface area contributed by atoms with Crippen molar-refractivity contribution in [2.24, 2.45) is 17.8 Å². The van der Waals surface area contributed by atoms with Crippen LogP contribution in [0.2, 0.25) is 0 Å². The highest BCUT2D eigenvalue weighted by atomic mass is 16.2. The van der Waals surface area contributed by atoms with Crippen LogP contribution in [0.15, 0.2) is 35.6 Å². The van der Waals surface area contributed by atoms with Crippen LogP contribution in [0.1, 0.15) is 58.3 Å². The second-order valence-electron chi connectivity index (χ2n) is 8.39. The maximum atomic E-state index is 12.2. The molecule has 0 spiro atoms. The number of amides is 3. The van der Waals surface area contributed by atoms with Crippen molar-refractivity contribution in [3.05, 3.63) is 35.6 Å². The Morgan fingerprint density at radius 1 is 1.17 bits per heavy atom. The molecular weight excluding hydrogens is 364 g/mol. The first kappa shape index (κ1) is 21.3. The molecule has 6 nitrogen and oxygen atoms in total. The number of likely N-dealkylation sites (N-methyl/N-ethyl adjacent to an activating group) is 1. The molecule has 158 valence electrons. The molecule has 3 amide bonds. The number of imide groups is 1. The quantitative estimate of drug-likeness (QED) is 0.357. The number of rotatable bonds is 6. The van der Waals surface area contributed by atoms with Gasteiger partial charge in [-0.25, -0.2) is 4.79 Å². The number of nitrogens with zero attached hydrogens (tertiary/aromatic N) is 1. The van der Waals surface area contributed by atoms with Crippen molar-refractivity contribution >= 4 is 17.8 Å². The Morgan fingerprint density at radius 3 is 2.31 bits per heavy atom. The summed E-state index contributed by atoms with van der Waals surface area (Å²) in [5, 5.41) is 14.2. The third-order valence-corrected chi connectivity index (χ3v) is 6.92. The van der Waals surface area contributed by atoms with Crippen LogP contribution in [0.4, 0.5) is 4.79 Å². The lowest BCUT2D eigenvalue weighted by Gasteiger charge is -2.39. The van der Waals surface area contributed by atoms with E-state index in [1.807, 2.05) is 26.1 Å². The highest BCUT2D eigenvalue weighted by molar-refractivity contribution is 6.12. The van der Waals surface area contributed by atoms with E-state index in [0.29, 0.717) is 11.5 Å². The Balaban J connectivity index is 1.78. The second-order valence-corrected chi connectivity index (χ2v) is 8.39. The molecule has 3 rings (SSSR count). The highest BCUT2D eigenvalue weighted by Crippen LogP contribution is 2.44. The van der Waals surface area contributed by atoms with Gasteiger partial charge < -0.3 is 5.32 Å². The third kappa shape index (κ3) is 4.46. The van der Waals surface area contributed by atoms with Gasteiger partial charge in [0.15, 0.2) is 0 Å². The number of nitrogens with one attached hydrogen (secondary N) is 3. The lowest BCUT2D eigenvalue weighted by Crippen LogP contribution is -2.52. The average molecular weight is 399 g/mol. The van der Waals surface area contributed by atoms with Crippen LogP contribution in [0.25, 0.3) is 0 Å². The minimum Gasteiger partial charge on any atom is -0.387 e. The van der Waals surface area contributed by atoms with Crippen LogP contribution >= 0.6 is 0 Å². The highest BCUT2D eigenvalue weighted by Gasteiger charge is 2.33. The first-order chi connectivity index (χ1) is 14.0. The molecule has 6 heteroatoms. The fraction of sp³-hybridized carbons (Fsp3) is 0.609. The van der Waals surface area contributed by atoms with E-state index in [-0.39, 0.29) is 24.7 Å². The molecule has 0 unspecified atom stereocenters. The van der Waals surface area contributed by atoms with Crippen LogP contribution in [-0.2, 0) is 4.79 Å². The number of carbonyl (C=O) groups is 2. The van der Waals surface area contributed by atoms with Gasteiger partial charge in [0.2, 0.25) is 5.91 Å². The number of hydrogen-bond donors (Lipinski definition) is 3. The number of urea groups is 1. The summed E-state index contributed by atoms with van der Waals surface area (Å²) in [7, 11) is 1.86. The first-order valence-corrected chi connectivity index (χ1v) is 10.9. The monoisotopic (exact) mass is 398 g/mol. The topological polar surface area (TPSA) is 85.3 Å². The van der Waals surface area contributed by atoms with Gasteiger partial charge in [0.05, 0.1) is 0 Å². The number of amidine groups is 1. The summed E-state index contributed by atoms with van der Waals surface area (Å²) in [5.74, 6) is 2.06. The number of allylic oxidation sites excluding steroid dienone is 3. The van der Waals surface area contributed by atoms with E-state index >= 15 is 0 Å².